The molecule has 2 heteroatoms. The van der Waals surface area contributed by atoms with Gasteiger partial charge < -0.3 is 0 Å². The SMILES string of the molecule is C=C(Cl)/C(C=O)=C\C=C/C. The number of allylic oxidation sites excluding steroid dienone is 5. The standard InChI is InChI=1S/C8H9ClO/c1-3-4-5-8(6-10)7(2)9/h3-6H,2H2,1H3/b4-3-,8-5-. The molecule has 0 radical (unpaired) electrons. The van der Waals surface area contributed by atoms with E-state index in [4.69, 9.17) is 11.6 Å². The van der Waals surface area contributed by atoms with Crippen LogP contribution in [0.1, 0.15) is 6.92 Å². The van der Waals surface area contributed by atoms with Crippen molar-refractivity contribution >= 4 is 17.9 Å². The minimum absolute atomic E-state index is 0.271. The van der Waals surface area contributed by atoms with Gasteiger partial charge in [0.1, 0.15) is 0 Å². The first kappa shape index (κ1) is 9.18. The third-order valence-electron chi connectivity index (χ3n) is 0.908. The van der Waals surface area contributed by atoms with Crippen LogP contribution < -0.4 is 0 Å². The summed E-state index contributed by atoms with van der Waals surface area (Å²) >= 11 is 5.45. The van der Waals surface area contributed by atoms with Crippen LogP contribution in [0.2, 0.25) is 0 Å². The average molecular weight is 157 g/mol. The molecule has 0 saturated heterocycles. The molecule has 0 aromatic rings. The lowest BCUT2D eigenvalue weighted by Gasteiger charge is -1.89. The highest BCUT2D eigenvalue weighted by atomic mass is 35.5. The van der Waals surface area contributed by atoms with Crippen LogP contribution in [0.15, 0.2) is 35.4 Å². The number of hydrogen-bond acceptors (Lipinski definition) is 1. The Morgan fingerprint density at radius 1 is 1.60 bits per heavy atom. The lowest BCUT2D eigenvalue weighted by Crippen LogP contribution is -1.80. The van der Waals surface area contributed by atoms with Gasteiger partial charge in [0, 0.05) is 10.6 Å². The zero-order valence-electron chi connectivity index (χ0n) is 5.80. The Morgan fingerprint density at radius 2 is 2.20 bits per heavy atom. The minimum Gasteiger partial charge on any atom is -0.298 e. The number of aldehydes is 1. The van der Waals surface area contributed by atoms with Gasteiger partial charge in [0.15, 0.2) is 6.29 Å². The molecule has 0 N–H and O–H groups in total. The summed E-state index contributed by atoms with van der Waals surface area (Å²) in [5, 5.41) is 0.271. The van der Waals surface area contributed by atoms with E-state index in [0.29, 0.717) is 11.9 Å². The van der Waals surface area contributed by atoms with E-state index in [0.717, 1.165) is 0 Å². The van der Waals surface area contributed by atoms with Crippen molar-refractivity contribution in [3.8, 4) is 0 Å². The number of rotatable bonds is 3. The highest BCUT2D eigenvalue weighted by Gasteiger charge is 1.93. The summed E-state index contributed by atoms with van der Waals surface area (Å²) in [5.74, 6) is 0. The van der Waals surface area contributed by atoms with Crippen LogP contribution in [-0.4, -0.2) is 6.29 Å². The van der Waals surface area contributed by atoms with Crippen molar-refractivity contribution < 1.29 is 4.79 Å². The number of carbonyl (C=O) groups excluding carboxylic acids is 1. The fourth-order valence-electron chi connectivity index (χ4n) is 0.394. The Labute approximate surface area is 65.7 Å². The maximum Gasteiger partial charge on any atom is 0.151 e. The lowest BCUT2D eigenvalue weighted by molar-refractivity contribution is -0.104. The Morgan fingerprint density at radius 3 is 2.50 bits per heavy atom. The number of halogens is 1. The Hall–Kier alpha value is -0.820. The Balaban J connectivity index is 4.33. The summed E-state index contributed by atoms with van der Waals surface area (Å²) in [7, 11) is 0. The fraction of sp³-hybridized carbons (Fsp3) is 0.125. The quantitative estimate of drug-likeness (QED) is 0.349. The highest BCUT2D eigenvalue weighted by molar-refractivity contribution is 6.33. The first-order chi connectivity index (χ1) is 4.72. The summed E-state index contributed by atoms with van der Waals surface area (Å²) in [6.45, 7) is 5.27. The molecule has 54 valence electrons. The second-order valence-electron chi connectivity index (χ2n) is 1.67. The zero-order chi connectivity index (χ0) is 7.98. The summed E-state index contributed by atoms with van der Waals surface area (Å²) in [4.78, 5) is 10.2. The molecular formula is C8H9ClO. The second-order valence-corrected chi connectivity index (χ2v) is 2.13. The minimum atomic E-state index is 0.271. The van der Waals surface area contributed by atoms with Crippen LogP contribution in [-0.2, 0) is 4.79 Å². The van der Waals surface area contributed by atoms with Gasteiger partial charge in [-0.1, -0.05) is 36.4 Å². The van der Waals surface area contributed by atoms with Gasteiger partial charge in [-0.25, -0.2) is 0 Å². The van der Waals surface area contributed by atoms with E-state index in [1.165, 1.54) is 0 Å². The van der Waals surface area contributed by atoms with E-state index < -0.39 is 0 Å². The van der Waals surface area contributed by atoms with Crippen molar-refractivity contribution in [3.05, 3.63) is 35.4 Å². The van der Waals surface area contributed by atoms with Crippen molar-refractivity contribution in [2.24, 2.45) is 0 Å². The van der Waals surface area contributed by atoms with Gasteiger partial charge in [0.2, 0.25) is 0 Å². The molecule has 1 nitrogen and oxygen atoms in total. The molecule has 0 aliphatic carbocycles. The summed E-state index contributed by atoms with van der Waals surface area (Å²) in [5.41, 5.74) is 0.416. The molecule has 0 aromatic heterocycles. The summed E-state index contributed by atoms with van der Waals surface area (Å²) in [6.07, 6.45) is 5.83. The zero-order valence-corrected chi connectivity index (χ0v) is 6.56. The van der Waals surface area contributed by atoms with Crippen LogP contribution in [0, 0.1) is 0 Å². The van der Waals surface area contributed by atoms with E-state index in [2.05, 4.69) is 6.58 Å². The second kappa shape index (κ2) is 5.00. The van der Waals surface area contributed by atoms with Crippen LogP contribution >= 0.6 is 11.6 Å². The molecular weight excluding hydrogens is 148 g/mol. The van der Waals surface area contributed by atoms with Crippen LogP contribution in [0.3, 0.4) is 0 Å². The van der Waals surface area contributed by atoms with Crippen molar-refractivity contribution in [1.29, 1.82) is 0 Å². The van der Waals surface area contributed by atoms with E-state index >= 15 is 0 Å². The predicted octanol–water partition coefficient (Wildman–Crippen LogP) is 2.44. The molecule has 0 spiro atoms. The highest BCUT2D eigenvalue weighted by Crippen LogP contribution is 2.08. The first-order valence-electron chi connectivity index (χ1n) is 2.85. The van der Waals surface area contributed by atoms with E-state index in [-0.39, 0.29) is 5.03 Å². The third kappa shape index (κ3) is 3.25. The molecule has 0 aromatic carbocycles. The van der Waals surface area contributed by atoms with Gasteiger partial charge in [-0.05, 0) is 6.92 Å². The molecule has 0 atom stereocenters. The van der Waals surface area contributed by atoms with Gasteiger partial charge in [0.25, 0.3) is 0 Å². The average Bonchev–Trinajstić information content (AvgIpc) is 1.89. The van der Waals surface area contributed by atoms with Crippen molar-refractivity contribution in [3.63, 3.8) is 0 Å². The molecule has 0 unspecified atom stereocenters. The van der Waals surface area contributed by atoms with Gasteiger partial charge in [-0.2, -0.15) is 0 Å². The van der Waals surface area contributed by atoms with E-state index in [1.54, 1.807) is 12.2 Å². The van der Waals surface area contributed by atoms with Crippen molar-refractivity contribution in [1.82, 2.24) is 0 Å². The molecule has 0 rings (SSSR count). The molecule has 0 aliphatic rings. The Bertz CT molecular complexity index is 189. The molecule has 0 saturated carbocycles. The first-order valence-corrected chi connectivity index (χ1v) is 3.23. The maximum atomic E-state index is 10.2. The molecule has 0 fully saturated rings. The molecule has 0 heterocycles. The monoisotopic (exact) mass is 156 g/mol. The van der Waals surface area contributed by atoms with Gasteiger partial charge >= 0.3 is 0 Å². The van der Waals surface area contributed by atoms with E-state index in [9.17, 15) is 4.79 Å². The maximum absolute atomic E-state index is 10.2. The number of carbonyl (C=O) groups is 1. The van der Waals surface area contributed by atoms with Gasteiger partial charge in [0.05, 0.1) is 0 Å². The molecule has 10 heavy (non-hydrogen) atoms. The van der Waals surface area contributed by atoms with Crippen LogP contribution in [0.5, 0.6) is 0 Å². The Kier molecular flexibility index (Phi) is 4.59. The largest absolute Gasteiger partial charge is 0.298 e. The smallest absolute Gasteiger partial charge is 0.151 e. The lowest BCUT2D eigenvalue weighted by atomic mass is 10.2. The van der Waals surface area contributed by atoms with Gasteiger partial charge in [-0.3, -0.25) is 4.79 Å². The molecule has 0 bridgehead atoms. The van der Waals surface area contributed by atoms with Crippen LogP contribution in [0.25, 0.3) is 0 Å². The summed E-state index contributed by atoms with van der Waals surface area (Å²) < 4.78 is 0. The van der Waals surface area contributed by atoms with E-state index in [1.807, 2.05) is 13.0 Å². The van der Waals surface area contributed by atoms with Crippen molar-refractivity contribution in [2.75, 3.05) is 0 Å². The normalized spacial score (nSPS) is 12.0. The third-order valence-corrected chi connectivity index (χ3v) is 1.13. The topological polar surface area (TPSA) is 17.1 Å². The van der Waals surface area contributed by atoms with Crippen molar-refractivity contribution in [2.45, 2.75) is 6.92 Å². The molecule has 0 amide bonds. The summed E-state index contributed by atoms with van der Waals surface area (Å²) in [6, 6.07) is 0. The van der Waals surface area contributed by atoms with Gasteiger partial charge in [-0.15, -0.1) is 0 Å². The molecule has 0 aliphatic heterocycles. The number of hydrogen-bond donors (Lipinski definition) is 0. The van der Waals surface area contributed by atoms with Crippen LogP contribution in [0.4, 0.5) is 0 Å². The predicted molar refractivity (Wildman–Crippen MR) is 44.0 cm³/mol. The fourth-order valence-corrected chi connectivity index (χ4v) is 0.501.